The van der Waals surface area contributed by atoms with Gasteiger partial charge in [-0.2, -0.15) is 0 Å². The molecular weight excluding hydrogens is 256 g/mol. The number of carbonyl (C=O) groups excluding carboxylic acids is 2. The van der Waals surface area contributed by atoms with Crippen molar-refractivity contribution in [3.63, 3.8) is 0 Å². The largest absolute Gasteiger partial charge is 0.550 e. The molecule has 0 radical (unpaired) electrons. The van der Waals surface area contributed by atoms with E-state index in [0.717, 1.165) is 43.1 Å². The van der Waals surface area contributed by atoms with Gasteiger partial charge in [0.1, 0.15) is 0 Å². The van der Waals surface area contributed by atoms with Gasteiger partial charge in [0.2, 0.25) is 0 Å². The molecule has 0 amide bonds. The summed E-state index contributed by atoms with van der Waals surface area (Å²) in [5.41, 5.74) is 1.49. The highest BCUT2D eigenvalue weighted by Gasteiger charge is 2.46. The highest BCUT2D eigenvalue weighted by atomic mass is 16.5. The van der Waals surface area contributed by atoms with Crippen LogP contribution >= 0.6 is 0 Å². The van der Waals surface area contributed by atoms with E-state index in [1.165, 1.54) is 6.42 Å². The topological polar surface area (TPSA) is 66.4 Å². The molecule has 4 heteroatoms. The second kappa shape index (κ2) is 5.23. The summed E-state index contributed by atoms with van der Waals surface area (Å²) in [6.45, 7) is 2.03. The lowest BCUT2D eigenvalue weighted by molar-refractivity contribution is -0.304. The van der Waals surface area contributed by atoms with Crippen LogP contribution in [0.4, 0.5) is 0 Å². The molecule has 0 aromatic rings. The van der Waals surface area contributed by atoms with Gasteiger partial charge >= 0.3 is 5.97 Å². The number of carboxylic acids is 1. The van der Waals surface area contributed by atoms with Crippen LogP contribution < -0.4 is 5.11 Å². The Morgan fingerprint density at radius 2 is 1.65 bits per heavy atom. The lowest BCUT2D eigenvalue weighted by atomic mass is 9.53. The fraction of sp³-hybridized carbons (Fsp3) is 0.750. The molecule has 0 saturated heterocycles. The first-order chi connectivity index (χ1) is 9.58. The zero-order valence-corrected chi connectivity index (χ0v) is 11.9. The van der Waals surface area contributed by atoms with Gasteiger partial charge in [0.25, 0.3) is 0 Å². The summed E-state index contributed by atoms with van der Waals surface area (Å²) in [5.74, 6) is 0.754. The van der Waals surface area contributed by atoms with Crippen molar-refractivity contribution in [2.45, 2.75) is 45.4 Å². The maximum atomic E-state index is 12.1. The molecule has 0 aromatic carbocycles. The summed E-state index contributed by atoms with van der Waals surface area (Å²) in [5, 5.41) is 11.0. The molecule has 4 bridgehead atoms. The molecule has 4 aliphatic carbocycles. The van der Waals surface area contributed by atoms with Crippen molar-refractivity contribution in [3.05, 3.63) is 11.1 Å². The molecule has 4 aliphatic rings. The standard InChI is InChI=1S/C16H22O4/c1-2-20-16(19)13(8-14(17)18)15-11-4-9-3-10(6-11)7-12(15)5-9/h9-12H,2-8H2,1H3,(H,17,18)/p-1. The minimum Gasteiger partial charge on any atom is -0.550 e. The lowest BCUT2D eigenvalue weighted by Crippen LogP contribution is -2.42. The van der Waals surface area contributed by atoms with E-state index in [2.05, 4.69) is 0 Å². The van der Waals surface area contributed by atoms with Crippen LogP contribution in [-0.2, 0) is 14.3 Å². The molecular formula is C16H21O4-. The van der Waals surface area contributed by atoms with E-state index in [4.69, 9.17) is 4.74 Å². The second-order valence-electron chi connectivity index (χ2n) is 6.51. The van der Waals surface area contributed by atoms with Gasteiger partial charge in [0.15, 0.2) is 0 Å². The zero-order chi connectivity index (χ0) is 14.3. The van der Waals surface area contributed by atoms with Gasteiger partial charge < -0.3 is 14.6 Å². The molecule has 0 atom stereocenters. The molecule has 4 nitrogen and oxygen atoms in total. The van der Waals surface area contributed by atoms with E-state index in [-0.39, 0.29) is 13.0 Å². The lowest BCUT2D eigenvalue weighted by Gasteiger charge is -2.52. The van der Waals surface area contributed by atoms with Gasteiger partial charge in [0.05, 0.1) is 6.61 Å². The number of allylic oxidation sites excluding steroid dienone is 1. The van der Waals surface area contributed by atoms with Gasteiger partial charge in [-0.15, -0.1) is 0 Å². The summed E-state index contributed by atoms with van der Waals surface area (Å²) in [4.78, 5) is 23.1. The molecule has 0 N–H and O–H groups in total. The summed E-state index contributed by atoms with van der Waals surface area (Å²) in [6, 6.07) is 0. The predicted molar refractivity (Wildman–Crippen MR) is 70.3 cm³/mol. The van der Waals surface area contributed by atoms with E-state index in [0.29, 0.717) is 17.4 Å². The van der Waals surface area contributed by atoms with Crippen molar-refractivity contribution in [2.24, 2.45) is 23.7 Å². The number of esters is 1. The molecule has 0 spiro atoms. The van der Waals surface area contributed by atoms with Crippen molar-refractivity contribution in [1.29, 1.82) is 0 Å². The molecule has 0 aliphatic heterocycles. The number of rotatable bonds is 4. The SMILES string of the molecule is CCOC(=O)C(CC(=O)[O-])=C1C2CC3CC(C2)CC1C3. The van der Waals surface area contributed by atoms with E-state index < -0.39 is 11.9 Å². The second-order valence-corrected chi connectivity index (χ2v) is 6.51. The number of aliphatic carboxylic acids is 1. The van der Waals surface area contributed by atoms with Gasteiger partial charge in [0, 0.05) is 18.0 Å². The van der Waals surface area contributed by atoms with Crippen molar-refractivity contribution >= 4 is 11.9 Å². The van der Waals surface area contributed by atoms with Crippen molar-refractivity contribution < 1.29 is 19.4 Å². The smallest absolute Gasteiger partial charge is 0.334 e. The highest BCUT2D eigenvalue weighted by molar-refractivity contribution is 5.94. The number of ether oxygens (including phenoxy) is 1. The molecule has 4 rings (SSSR count). The Balaban J connectivity index is 1.94. The molecule has 110 valence electrons. The van der Waals surface area contributed by atoms with Crippen LogP contribution in [0.3, 0.4) is 0 Å². The normalized spacial score (nSPS) is 34.1. The molecule has 20 heavy (non-hydrogen) atoms. The molecule has 0 aromatic heterocycles. The van der Waals surface area contributed by atoms with Crippen molar-refractivity contribution in [3.8, 4) is 0 Å². The highest BCUT2D eigenvalue weighted by Crippen LogP contribution is 2.57. The fourth-order valence-corrected chi connectivity index (χ4v) is 4.84. The predicted octanol–water partition coefficient (Wildman–Crippen LogP) is 1.44. The average molecular weight is 277 g/mol. The van der Waals surface area contributed by atoms with Crippen LogP contribution in [0.15, 0.2) is 11.1 Å². The van der Waals surface area contributed by atoms with Gasteiger partial charge in [-0.05, 0) is 62.7 Å². The molecule has 4 fully saturated rings. The van der Waals surface area contributed by atoms with Gasteiger partial charge in [-0.25, -0.2) is 4.79 Å². The summed E-state index contributed by atoms with van der Waals surface area (Å²) in [6.07, 6.45) is 5.53. The third-order valence-corrected chi connectivity index (χ3v) is 5.21. The Labute approximate surface area is 119 Å². The Morgan fingerprint density at radius 3 is 2.10 bits per heavy atom. The Hall–Kier alpha value is -1.32. The van der Waals surface area contributed by atoms with Gasteiger partial charge in [-0.1, -0.05) is 5.57 Å². The number of carboxylic acid groups (broad SMARTS) is 1. The van der Waals surface area contributed by atoms with E-state index >= 15 is 0 Å². The van der Waals surface area contributed by atoms with Crippen LogP contribution in [0.25, 0.3) is 0 Å². The quantitative estimate of drug-likeness (QED) is 0.576. The summed E-state index contributed by atoms with van der Waals surface area (Å²) in [7, 11) is 0. The third-order valence-electron chi connectivity index (χ3n) is 5.21. The van der Waals surface area contributed by atoms with E-state index in [1.807, 2.05) is 0 Å². The zero-order valence-electron chi connectivity index (χ0n) is 11.9. The maximum absolute atomic E-state index is 12.1. The van der Waals surface area contributed by atoms with Crippen LogP contribution in [-0.4, -0.2) is 18.5 Å². The Bertz CT molecular complexity index is 433. The van der Waals surface area contributed by atoms with Crippen LogP contribution in [0.2, 0.25) is 0 Å². The van der Waals surface area contributed by atoms with E-state index in [9.17, 15) is 14.7 Å². The van der Waals surface area contributed by atoms with Crippen molar-refractivity contribution in [1.82, 2.24) is 0 Å². The first-order valence-electron chi connectivity index (χ1n) is 7.68. The maximum Gasteiger partial charge on any atom is 0.334 e. The monoisotopic (exact) mass is 277 g/mol. The third kappa shape index (κ3) is 2.36. The number of carbonyl (C=O) groups is 2. The molecule has 0 unspecified atom stereocenters. The number of hydrogen-bond donors (Lipinski definition) is 0. The van der Waals surface area contributed by atoms with E-state index in [1.54, 1.807) is 6.92 Å². The summed E-state index contributed by atoms with van der Waals surface area (Å²) >= 11 is 0. The van der Waals surface area contributed by atoms with Gasteiger partial charge in [-0.3, -0.25) is 0 Å². The van der Waals surface area contributed by atoms with Crippen molar-refractivity contribution in [2.75, 3.05) is 6.61 Å². The minimum absolute atomic E-state index is 0.281. The minimum atomic E-state index is -1.19. The summed E-state index contributed by atoms with van der Waals surface area (Å²) < 4.78 is 5.07. The van der Waals surface area contributed by atoms with Crippen LogP contribution in [0, 0.1) is 23.7 Å². The van der Waals surface area contributed by atoms with Crippen LogP contribution in [0.5, 0.6) is 0 Å². The first kappa shape index (κ1) is 13.7. The molecule has 0 heterocycles. The first-order valence-corrected chi connectivity index (χ1v) is 7.68. The van der Waals surface area contributed by atoms with Crippen LogP contribution in [0.1, 0.15) is 45.4 Å². The fourth-order valence-electron chi connectivity index (χ4n) is 4.84. The number of hydrogen-bond acceptors (Lipinski definition) is 4. The Morgan fingerprint density at radius 1 is 1.10 bits per heavy atom. The average Bonchev–Trinajstić information content (AvgIpc) is 2.36. The molecule has 4 saturated carbocycles. The Kier molecular flexibility index (Phi) is 3.57.